The largest absolute Gasteiger partial charge is 0.392 e. The number of aliphatic hydroxyl groups is 1. The van der Waals surface area contributed by atoms with Gasteiger partial charge in [0.05, 0.1) is 30.3 Å². The molecule has 3 aromatic heterocycles. The summed E-state index contributed by atoms with van der Waals surface area (Å²) in [5.74, 6) is 0.403. The van der Waals surface area contributed by atoms with Crippen LogP contribution in [0.4, 0.5) is 28.7 Å². The minimum absolute atomic E-state index is 0.0582. The lowest BCUT2D eigenvalue weighted by Gasteiger charge is -2.47. The first-order chi connectivity index (χ1) is 27.3. The lowest BCUT2D eigenvalue weighted by molar-refractivity contribution is -0.111. The Hall–Kier alpha value is -5.31. The van der Waals surface area contributed by atoms with Crippen LogP contribution in [0.2, 0.25) is 0 Å². The molecule has 14 heteroatoms. The maximum atomic E-state index is 14.0. The van der Waals surface area contributed by atoms with Gasteiger partial charge in [-0.1, -0.05) is 27.4 Å². The number of hydrogen-bond donors (Lipinski definition) is 3. The van der Waals surface area contributed by atoms with Gasteiger partial charge in [-0.2, -0.15) is 0 Å². The zero-order valence-corrected chi connectivity index (χ0v) is 33.5. The van der Waals surface area contributed by atoms with Gasteiger partial charge in [0.2, 0.25) is 5.91 Å². The van der Waals surface area contributed by atoms with E-state index in [1.54, 1.807) is 30.4 Å². The van der Waals surface area contributed by atoms with E-state index in [4.69, 9.17) is 9.72 Å². The van der Waals surface area contributed by atoms with E-state index in [2.05, 4.69) is 64.3 Å². The highest BCUT2D eigenvalue weighted by molar-refractivity contribution is 6.06. The summed E-state index contributed by atoms with van der Waals surface area (Å²) in [6.45, 7) is 17.4. The summed E-state index contributed by atoms with van der Waals surface area (Å²) in [7, 11) is 1.64. The highest BCUT2D eigenvalue weighted by atomic mass is 16.5. The van der Waals surface area contributed by atoms with Gasteiger partial charge < -0.3 is 34.5 Å². The highest BCUT2D eigenvalue weighted by Crippen LogP contribution is 2.40. The number of pyridine rings is 1. The lowest BCUT2D eigenvalue weighted by atomic mass is 9.90. The monoisotopic (exact) mass is 775 g/mol. The number of fused-ring (bicyclic) bond motifs is 3. The van der Waals surface area contributed by atoms with Crippen molar-refractivity contribution in [2.24, 2.45) is 18.4 Å². The molecule has 1 aromatic carbocycles. The number of aryl methyl sites for hydroxylation is 1. The molecule has 2 saturated heterocycles. The van der Waals surface area contributed by atoms with Crippen LogP contribution in [0, 0.1) is 11.3 Å². The SMILES string of the molecule is C=CC(=O)Nc1cc(Nc2nc(-c3ccnc(N4CCn5c(cc6c5CC(C)(C)C6)C4=O)c3CO)cn(C)c2=O)ccc1N1CCN(C2CCOC[C@@H]2C)C[C@@H]1C. The first-order valence-corrected chi connectivity index (χ1v) is 20.0. The molecule has 3 N–H and O–H groups in total. The zero-order valence-electron chi connectivity index (χ0n) is 33.5. The molecule has 0 bridgehead atoms. The summed E-state index contributed by atoms with van der Waals surface area (Å²) in [4.78, 5) is 56.1. The number of aromatic nitrogens is 4. The molecule has 0 spiro atoms. The molecule has 0 radical (unpaired) electrons. The van der Waals surface area contributed by atoms with Crippen LogP contribution in [0.15, 0.2) is 60.2 Å². The summed E-state index contributed by atoms with van der Waals surface area (Å²) >= 11 is 0. The number of carbonyl (C=O) groups excluding carboxylic acids is 2. The second-order valence-electron chi connectivity index (χ2n) is 16.8. The summed E-state index contributed by atoms with van der Waals surface area (Å²) in [5, 5.41) is 17.0. The Kier molecular flexibility index (Phi) is 10.3. The average molecular weight is 776 g/mol. The van der Waals surface area contributed by atoms with Crippen LogP contribution in [-0.2, 0) is 42.6 Å². The van der Waals surface area contributed by atoms with E-state index in [0.29, 0.717) is 64.8 Å². The maximum absolute atomic E-state index is 14.0. The van der Waals surface area contributed by atoms with Crippen molar-refractivity contribution < 1.29 is 19.4 Å². The number of piperazine rings is 1. The van der Waals surface area contributed by atoms with Gasteiger partial charge in [-0.25, -0.2) is 9.97 Å². The predicted molar refractivity (Wildman–Crippen MR) is 221 cm³/mol. The number of hydrogen-bond acceptors (Lipinski definition) is 10. The van der Waals surface area contributed by atoms with Crippen LogP contribution in [0.5, 0.6) is 0 Å². The molecule has 0 saturated carbocycles. The molecule has 2 fully saturated rings. The molecule has 2 amide bonds. The molecular formula is C43H53N9O5. The van der Waals surface area contributed by atoms with Gasteiger partial charge in [0.1, 0.15) is 11.5 Å². The molecule has 4 aromatic rings. The van der Waals surface area contributed by atoms with Crippen molar-refractivity contribution in [2.45, 2.75) is 72.2 Å². The molecule has 57 heavy (non-hydrogen) atoms. The number of rotatable bonds is 9. The Morgan fingerprint density at radius 1 is 1.11 bits per heavy atom. The normalized spacial score (nSPS) is 21.9. The first kappa shape index (κ1) is 38.6. The third kappa shape index (κ3) is 7.26. The van der Waals surface area contributed by atoms with E-state index >= 15 is 0 Å². The average Bonchev–Trinajstić information content (AvgIpc) is 3.68. The fourth-order valence-corrected chi connectivity index (χ4v) is 9.38. The highest BCUT2D eigenvalue weighted by Gasteiger charge is 2.38. The fourth-order valence-electron chi connectivity index (χ4n) is 9.38. The van der Waals surface area contributed by atoms with E-state index in [-0.39, 0.29) is 34.6 Å². The standard InChI is InChI=1S/C43H53N9O5/c1-7-38(54)46-32-19-29(8-9-35(32)50-14-13-49(22-27(50)3)34-11-17-57-25-26(34)2)45-39-42(56)48(6)23-33(47-39)30-10-12-44-40(31(30)24-53)52-16-15-51-36(41(52)55)18-28-20-43(4,5)21-37(28)51/h7-10,12,18-19,23,26-27,34,53H,1,11,13-17,20-22,24-25H2,2-6H3,(H,45,47)(H,46,54)/t26-,27-,34?/m0/s1. The van der Waals surface area contributed by atoms with Crippen LogP contribution in [0.1, 0.15) is 61.4 Å². The number of benzene rings is 1. The topological polar surface area (TPSA) is 150 Å². The zero-order chi connectivity index (χ0) is 40.2. The van der Waals surface area contributed by atoms with Gasteiger partial charge >= 0.3 is 0 Å². The number of amides is 2. The first-order valence-electron chi connectivity index (χ1n) is 20.0. The van der Waals surface area contributed by atoms with Crippen molar-refractivity contribution in [1.82, 2.24) is 24.0 Å². The maximum Gasteiger partial charge on any atom is 0.293 e. The van der Waals surface area contributed by atoms with Gasteiger partial charge in [-0.3, -0.25) is 24.2 Å². The minimum Gasteiger partial charge on any atom is -0.392 e. The van der Waals surface area contributed by atoms with Crippen molar-refractivity contribution >= 4 is 40.5 Å². The Morgan fingerprint density at radius 3 is 2.68 bits per heavy atom. The van der Waals surface area contributed by atoms with E-state index < -0.39 is 6.61 Å². The summed E-state index contributed by atoms with van der Waals surface area (Å²) in [5.41, 5.74) is 6.34. The smallest absolute Gasteiger partial charge is 0.293 e. The predicted octanol–water partition coefficient (Wildman–Crippen LogP) is 4.72. The van der Waals surface area contributed by atoms with Crippen LogP contribution in [0.25, 0.3) is 11.3 Å². The third-order valence-electron chi connectivity index (χ3n) is 12.2. The molecule has 6 heterocycles. The molecule has 300 valence electrons. The lowest BCUT2D eigenvalue weighted by Crippen LogP contribution is -2.57. The van der Waals surface area contributed by atoms with Crippen LogP contribution in [0.3, 0.4) is 0 Å². The van der Waals surface area contributed by atoms with Crippen molar-refractivity contribution in [3.8, 4) is 11.3 Å². The van der Waals surface area contributed by atoms with Gasteiger partial charge in [0, 0.05) is 93.4 Å². The fraction of sp³-hybridized carbons (Fsp3) is 0.465. The van der Waals surface area contributed by atoms with Gasteiger partial charge in [0.25, 0.3) is 11.5 Å². The molecule has 8 rings (SSSR count). The molecule has 3 atom stereocenters. The summed E-state index contributed by atoms with van der Waals surface area (Å²) in [6.07, 6.45) is 7.35. The van der Waals surface area contributed by atoms with Crippen molar-refractivity contribution in [3.05, 3.63) is 88.2 Å². The van der Waals surface area contributed by atoms with Gasteiger partial charge in [-0.15, -0.1) is 0 Å². The summed E-state index contributed by atoms with van der Waals surface area (Å²) in [6, 6.07) is 10.1. The number of anilines is 5. The molecule has 1 unspecified atom stereocenters. The molecule has 3 aliphatic heterocycles. The summed E-state index contributed by atoms with van der Waals surface area (Å²) < 4.78 is 9.28. The molecule has 14 nitrogen and oxygen atoms in total. The minimum atomic E-state index is -0.393. The Bertz CT molecular complexity index is 2300. The number of aliphatic hydroxyl groups excluding tert-OH is 1. The number of carbonyl (C=O) groups is 2. The van der Waals surface area contributed by atoms with Crippen molar-refractivity contribution in [1.29, 1.82) is 0 Å². The Labute approximate surface area is 333 Å². The second-order valence-corrected chi connectivity index (χ2v) is 16.8. The Balaban J connectivity index is 1.07. The van der Waals surface area contributed by atoms with Crippen LogP contribution in [-0.4, -0.2) is 92.4 Å². The number of ether oxygens (including phenoxy) is 1. The number of nitrogens with zero attached hydrogens (tertiary/aromatic N) is 7. The van der Waals surface area contributed by atoms with E-state index in [1.807, 2.05) is 24.3 Å². The van der Waals surface area contributed by atoms with Gasteiger partial charge in [0.15, 0.2) is 5.82 Å². The van der Waals surface area contributed by atoms with E-state index in [0.717, 1.165) is 57.8 Å². The quantitative estimate of drug-likeness (QED) is 0.204. The molecular weight excluding hydrogens is 723 g/mol. The number of nitrogens with one attached hydrogen (secondary N) is 2. The third-order valence-corrected chi connectivity index (χ3v) is 12.2. The Morgan fingerprint density at radius 2 is 1.93 bits per heavy atom. The van der Waals surface area contributed by atoms with Crippen LogP contribution >= 0.6 is 0 Å². The van der Waals surface area contributed by atoms with Crippen molar-refractivity contribution in [3.63, 3.8) is 0 Å². The van der Waals surface area contributed by atoms with Gasteiger partial charge in [-0.05, 0) is 79.5 Å². The van der Waals surface area contributed by atoms with Crippen LogP contribution < -0.4 is 26.0 Å². The second kappa shape index (κ2) is 15.2. The van der Waals surface area contributed by atoms with E-state index in [9.17, 15) is 19.5 Å². The molecule has 1 aliphatic carbocycles. The van der Waals surface area contributed by atoms with E-state index in [1.165, 1.54) is 21.9 Å². The molecule has 4 aliphatic rings. The van der Waals surface area contributed by atoms with Crippen molar-refractivity contribution in [2.75, 3.05) is 59.8 Å².